The van der Waals surface area contributed by atoms with Crippen LogP contribution in [-0.4, -0.2) is 31.2 Å². The monoisotopic (exact) mass is 427 g/mol. The minimum absolute atomic E-state index is 0.112. The largest absolute Gasteiger partial charge is 0.496 e. The molecule has 0 radical (unpaired) electrons. The van der Waals surface area contributed by atoms with Gasteiger partial charge in [-0.2, -0.15) is 5.10 Å². The van der Waals surface area contributed by atoms with Gasteiger partial charge in [0.15, 0.2) is 0 Å². The smallest absolute Gasteiger partial charge is 0.262 e. The summed E-state index contributed by atoms with van der Waals surface area (Å²) in [4.78, 5) is 25.0. The van der Waals surface area contributed by atoms with Crippen LogP contribution in [0.1, 0.15) is 60.7 Å². The van der Waals surface area contributed by atoms with Gasteiger partial charge in [-0.05, 0) is 59.7 Å². The van der Waals surface area contributed by atoms with E-state index in [2.05, 4.69) is 29.7 Å². The van der Waals surface area contributed by atoms with Crippen molar-refractivity contribution in [3.05, 3.63) is 64.5 Å². The Morgan fingerprint density at radius 1 is 1.13 bits per heavy atom. The van der Waals surface area contributed by atoms with Gasteiger partial charge in [0.2, 0.25) is 0 Å². The van der Waals surface area contributed by atoms with Crippen LogP contribution in [0.3, 0.4) is 0 Å². The highest BCUT2D eigenvalue weighted by Gasteiger charge is 2.25. The van der Waals surface area contributed by atoms with Gasteiger partial charge < -0.3 is 10.1 Å². The molecule has 0 heterocycles. The molecule has 0 bridgehead atoms. The van der Waals surface area contributed by atoms with Gasteiger partial charge in [0.05, 0.1) is 18.9 Å². The summed E-state index contributed by atoms with van der Waals surface area (Å²) in [5, 5.41) is 6.66. The van der Waals surface area contributed by atoms with Crippen molar-refractivity contribution in [1.29, 1.82) is 0 Å². The number of nitrogens with zero attached hydrogens (tertiary/aromatic N) is 1. The van der Waals surface area contributed by atoms with Crippen LogP contribution in [0.2, 0.25) is 0 Å². The highest BCUT2D eigenvalue weighted by atomic mass is 19.1. The van der Waals surface area contributed by atoms with Crippen molar-refractivity contribution < 1.29 is 18.7 Å². The predicted octanol–water partition coefficient (Wildman–Crippen LogP) is 4.17. The number of halogens is 1. The molecule has 1 atom stereocenters. The number of carbonyl (C=O) groups excluding carboxylic acids is 2. The number of amides is 2. The first-order chi connectivity index (χ1) is 14.6. The Hall–Kier alpha value is -3.22. The second-order valence-electron chi connectivity index (χ2n) is 8.01. The van der Waals surface area contributed by atoms with E-state index in [4.69, 9.17) is 4.74 Å². The number of hydrazone groups is 1. The van der Waals surface area contributed by atoms with Gasteiger partial charge >= 0.3 is 0 Å². The van der Waals surface area contributed by atoms with Crippen LogP contribution in [0.25, 0.3) is 0 Å². The van der Waals surface area contributed by atoms with Crippen molar-refractivity contribution in [2.24, 2.45) is 11.0 Å². The van der Waals surface area contributed by atoms with Crippen LogP contribution < -0.4 is 15.5 Å². The fourth-order valence-corrected chi connectivity index (χ4v) is 3.12. The summed E-state index contributed by atoms with van der Waals surface area (Å²) in [7, 11) is 1.64. The molecule has 2 aromatic carbocycles. The molecule has 7 heteroatoms. The minimum atomic E-state index is -0.868. The Labute approximate surface area is 182 Å². The number of methoxy groups -OCH3 is 1. The first-order valence-corrected chi connectivity index (χ1v) is 10.2. The molecule has 31 heavy (non-hydrogen) atoms. The topological polar surface area (TPSA) is 79.8 Å². The second-order valence-corrected chi connectivity index (χ2v) is 8.01. The number of rotatable bonds is 8. The molecule has 0 saturated carbocycles. The molecule has 0 aliphatic heterocycles. The molecule has 2 rings (SSSR count). The molecular weight excluding hydrogens is 397 g/mol. The maximum Gasteiger partial charge on any atom is 0.262 e. The fourth-order valence-electron chi connectivity index (χ4n) is 3.12. The van der Waals surface area contributed by atoms with Gasteiger partial charge in [-0.25, -0.2) is 9.82 Å². The highest BCUT2D eigenvalue weighted by molar-refractivity contribution is 5.98. The minimum Gasteiger partial charge on any atom is -0.496 e. The number of benzene rings is 2. The predicted molar refractivity (Wildman–Crippen MR) is 120 cm³/mol. The average Bonchev–Trinajstić information content (AvgIpc) is 2.72. The van der Waals surface area contributed by atoms with E-state index in [0.29, 0.717) is 0 Å². The quantitative estimate of drug-likeness (QED) is 0.490. The number of nitrogens with one attached hydrogen (secondary N) is 2. The van der Waals surface area contributed by atoms with Crippen LogP contribution in [0, 0.1) is 18.7 Å². The molecular formula is C24H30FN3O3. The number of ether oxygens (including phenoxy) is 1. The third kappa shape index (κ3) is 6.13. The van der Waals surface area contributed by atoms with E-state index < -0.39 is 23.7 Å². The molecule has 0 aromatic heterocycles. The number of hydrogen-bond acceptors (Lipinski definition) is 4. The van der Waals surface area contributed by atoms with Crippen LogP contribution >= 0.6 is 0 Å². The van der Waals surface area contributed by atoms with E-state index in [0.717, 1.165) is 22.4 Å². The van der Waals surface area contributed by atoms with Gasteiger partial charge in [0.25, 0.3) is 11.8 Å². The van der Waals surface area contributed by atoms with Crippen molar-refractivity contribution in [1.82, 2.24) is 10.7 Å². The molecule has 2 N–H and O–H groups in total. The van der Waals surface area contributed by atoms with Crippen molar-refractivity contribution >= 4 is 18.0 Å². The average molecular weight is 428 g/mol. The summed E-state index contributed by atoms with van der Waals surface area (Å²) in [5.74, 6) is -0.923. The summed E-state index contributed by atoms with van der Waals surface area (Å²) >= 11 is 0. The summed E-state index contributed by atoms with van der Waals surface area (Å²) < 4.78 is 19.3. The SMILES string of the molecule is COc1cc(C)c(C=NNC(=O)C(NC(=O)c2ccccc2F)C(C)C)cc1C(C)C. The Bertz CT molecular complexity index is 971. The zero-order valence-corrected chi connectivity index (χ0v) is 18.8. The first kappa shape index (κ1) is 24.1. The Kier molecular flexibility index (Phi) is 8.30. The molecule has 166 valence electrons. The van der Waals surface area contributed by atoms with Crippen molar-refractivity contribution in [3.63, 3.8) is 0 Å². The van der Waals surface area contributed by atoms with Crippen LogP contribution in [-0.2, 0) is 4.79 Å². The fraction of sp³-hybridized carbons (Fsp3) is 0.375. The second kappa shape index (κ2) is 10.7. The van der Waals surface area contributed by atoms with Crippen molar-refractivity contribution in [2.45, 2.75) is 46.6 Å². The molecule has 2 amide bonds. The van der Waals surface area contributed by atoms with E-state index in [-0.39, 0.29) is 17.4 Å². The Morgan fingerprint density at radius 3 is 2.39 bits per heavy atom. The molecule has 0 aliphatic rings. The maximum absolute atomic E-state index is 13.9. The molecule has 0 spiro atoms. The van der Waals surface area contributed by atoms with Crippen LogP contribution in [0.15, 0.2) is 41.5 Å². The number of aryl methyl sites for hydroxylation is 1. The molecule has 0 aliphatic carbocycles. The van der Waals surface area contributed by atoms with Crippen LogP contribution in [0.4, 0.5) is 4.39 Å². The van der Waals surface area contributed by atoms with Gasteiger partial charge in [-0.15, -0.1) is 0 Å². The normalized spacial score (nSPS) is 12.3. The summed E-state index contributed by atoms with van der Waals surface area (Å²) in [5.41, 5.74) is 5.21. The molecule has 2 aromatic rings. The summed E-state index contributed by atoms with van der Waals surface area (Å²) in [6.07, 6.45) is 1.56. The lowest BCUT2D eigenvalue weighted by Gasteiger charge is -2.20. The Balaban J connectivity index is 2.13. The summed E-state index contributed by atoms with van der Waals surface area (Å²) in [6.45, 7) is 9.65. The maximum atomic E-state index is 13.9. The number of hydrogen-bond donors (Lipinski definition) is 2. The standard InChI is InChI=1S/C24H30FN3O3/c1-14(2)19-12-17(16(5)11-21(19)31-6)13-26-28-24(30)22(15(3)4)27-23(29)18-9-7-8-10-20(18)25/h7-15,22H,1-6H3,(H,27,29)(H,28,30). The van der Waals surface area contributed by atoms with Crippen molar-refractivity contribution in [2.75, 3.05) is 7.11 Å². The third-order valence-corrected chi connectivity index (χ3v) is 4.97. The van der Waals surface area contributed by atoms with Gasteiger partial charge in [-0.3, -0.25) is 9.59 Å². The van der Waals surface area contributed by atoms with E-state index in [1.807, 2.05) is 19.1 Å². The van der Waals surface area contributed by atoms with E-state index in [1.165, 1.54) is 18.2 Å². The lowest BCUT2D eigenvalue weighted by atomic mass is 9.97. The van der Waals surface area contributed by atoms with Crippen molar-refractivity contribution in [3.8, 4) is 5.75 Å². The lowest BCUT2D eigenvalue weighted by molar-refractivity contribution is -0.123. The van der Waals surface area contributed by atoms with Gasteiger partial charge in [0.1, 0.15) is 17.6 Å². The van der Waals surface area contributed by atoms with Gasteiger partial charge in [0, 0.05) is 0 Å². The van der Waals surface area contributed by atoms with Gasteiger partial charge in [-0.1, -0.05) is 39.8 Å². The molecule has 1 unspecified atom stereocenters. The summed E-state index contributed by atoms with van der Waals surface area (Å²) in [6, 6.07) is 8.68. The van der Waals surface area contributed by atoms with Crippen LogP contribution in [0.5, 0.6) is 5.75 Å². The van der Waals surface area contributed by atoms with E-state index >= 15 is 0 Å². The molecule has 0 fully saturated rings. The zero-order valence-electron chi connectivity index (χ0n) is 18.8. The zero-order chi connectivity index (χ0) is 23.1. The van der Waals surface area contributed by atoms with E-state index in [1.54, 1.807) is 33.2 Å². The molecule has 0 saturated heterocycles. The number of carbonyl (C=O) groups is 2. The Morgan fingerprint density at radius 2 is 1.81 bits per heavy atom. The first-order valence-electron chi connectivity index (χ1n) is 10.2. The lowest BCUT2D eigenvalue weighted by Crippen LogP contribution is -2.48. The highest BCUT2D eigenvalue weighted by Crippen LogP contribution is 2.29. The van der Waals surface area contributed by atoms with E-state index in [9.17, 15) is 14.0 Å². The third-order valence-electron chi connectivity index (χ3n) is 4.97. The molecule has 6 nitrogen and oxygen atoms in total.